The highest BCUT2D eigenvalue weighted by Gasteiger charge is 2.23. The lowest BCUT2D eigenvalue weighted by Gasteiger charge is -2.20. The number of hydrogen-bond acceptors (Lipinski definition) is 8. The molecule has 0 N–H and O–H groups in total. The normalized spacial score (nSPS) is 12.3. The maximum atomic E-state index is 12.9. The van der Waals surface area contributed by atoms with E-state index in [2.05, 4.69) is 4.99 Å². The highest BCUT2D eigenvalue weighted by molar-refractivity contribution is 7.89. The SMILES string of the molecule is CCCCN(CC)S(=O)(=O)c1ccc(C(=O)N=c2sc3cc([N+](=O)[O-])ccc3n2CC(=O)OC)cc1. The Morgan fingerprint density at radius 3 is 2.44 bits per heavy atom. The zero-order valence-electron chi connectivity index (χ0n) is 20.0. The van der Waals surface area contributed by atoms with E-state index in [1.807, 2.05) is 6.92 Å². The number of unbranched alkanes of at least 4 members (excludes halogenated alkanes) is 1. The van der Waals surface area contributed by atoms with E-state index in [0.29, 0.717) is 23.3 Å². The van der Waals surface area contributed by atoms with Gasteiger partial charge in [0.1, 0.15) is 6.54 Å². The maximum absolute atomic E-state index is 12.9. The molecule has 1 heterocycles. The molecule has 0 radical (unpaired) electrons. The van der Waals surface area contributed by atoms with Gasteiger partial charge in [0, 0.05) is 30.8 Å². The molecule has 2 aromatic carbocycles. The smallest absolute Gasteiger partial charge is 0.325 e. The van der Waals surface area contributed by atoms with Crippen LogP contribution in [0.15, 0.2) is 52.4 Å². The predicted octanol–water partition coefficient (Wildman–Crippen LogP) is 3.34. The summed E-state index contributed by atoms with van der Waals surface area (Å²) in [7, 11) is -2.47. The van der Waals surface area contributed by atoms with Crippen molar-refractivity contribution in [3.05, 3.63) is 62.9 Å². The number of hydrogen-bond donors (Lipinski definition) is 0. The average Bonchev–Trinajstić information content (AvgIpc) is 3.20. The number of nitro benzene ring substituents is 1. The molecule has 0 unspecified atom stereocenters. The number of esters is 1. The van der Waals surface area contributed by atoms with Gasteiger partial charge in [-0.3, -0.25) is 19.7 Å². The van der Waals surface area contributed by atoms with E-state index in [4.69, 9.17) is 4.74 Å². The fourth-order valence-corrected chi connectivity index (χ4v) is 6.01. The average molecular weight is 535 g/mol. The molecule has 192 valence electrons. The molecule has 3 rings (SSSR count). The van der Waals surface area contributed by atoms with Crippen LogP contribution >= 0.6 is 11.3 Å². The first kappa shape index (κ1) is 27.2. The summed E-state index contributed by atoms with van der Waals surface area (Å²) < 4.78 is 33.9. The molecule has 0 bridgehead atoms. The highest BCUT2D eigenvalue weighted by Crippen LogP contribution is 2.24. The van der Waals surface area contributed by atoms with Gasteiger partial charge in [-0.15, -0.1) is 0 Å². The van der Waals surface area contributed by atoms with Gasteiger partial charge in [-0.25, -0.2) is 8.42 Å². The molecule has 11 nitrogen and oxygen atoms in total. The second kappa shape index (κ2) is 11.5. The number of amides is 1. The summed E-state index contributed by atoms with van der Waals surface area (Å²) in [5.41, 5.74) is 0.498. The summed E-state index contributed by atoms with van der Waals surface area (Å²) in [6.07, 6.45) is 1.61. The van der Waals surface area contributed by atoms with Crippen molar-refractivity contribution in [3.8, 4) is 0 Å². The lowest BCUT2D eigenvalue weighted by atomic mass is 10.2. The van der Waals surface area contributed by atoms with Gasteiger partial charge >= 0.3 is 5.97 Å². The summed E-state index contributed by atoms with van der Waals surface area (Å²) in [4.78, 5) is 39.8. The summed E-state index contributed by atoms with van der Waals surface area (Å²) in [5.74, 6) is -1.24. The zero-order valence-corrected chi connectivity index (χ0v) is 21.7. The lowest BCUT2D eigenvalue weighted by Crippen LogP contribution is -2.31. The molecular formula is C23H26N4O7S2. The number of non-ortho nitro benzene ring substituents is 1. The molecule has 0 aliphatic rings. The number of carbonyl (C=O) groups is 2. The van der Waals surface area contributed by atoms with Crippen LogP contribution in [0.25, 0.3) is 10.2 Å². The molecule has 1 amide bonds. The minimum Gasteiger partial charge on any atom is -0.468 e. The molecule has 36 heavy (non-hydrogen) atoms. The molecule has 0 aliphatic heterocycles. The number of rotatable bonds is 10. The van der Waals surface area contributed by atoms with E-state index >= 15 is 0 Å². The Labute approximate surface area is 211 Å². The van der Waals surface area contributed by atoms with Crippen molar-refractivity contribution < 1.29 is 27.7 Å². The molecule has 0 spiro atoms. The second-order valence-corrected chi connectivity index (χ2v) is 10.7. The third-order valence-electron chi connectivity index (χ3n) is 5.44. The number of carbonyl (C=O) groups excluding carboxylic acids is 2. The number of benzene rings is 2. The fourth-order valence-electron chi connectivity index (χ4n) is 3.46. The molecular weight excluding hydrogens is 508 g/mol. The lowest BCUT2D eigenvalue weighted by molar-refractivity contribution is -0.384. The van der Waals surface area contributed by atoms with Crippen molar-refractivity contribution in [2.75, 3.05) is 20.2 Å². The van der Waals surface area contributed by atoms with E-state index in [1.54, 1.807) is 6.92 Å². The largest absolute Gasteiger partial charge is 0.468 e. The van der Waals surface area contributed by atoms with Gasteiger partial charge in [0.15, 0.2) is 4.80 Å². The van der Waals surface area contributed by atoms with E-state index in [-0.39, 0.29) is 27.5 Å². The van der Waals surface area contributed by atoms with Crippen LogP contribution in [0.1, 0.15) is 37.0 Å². The number of nitro groups is 1. The van der Waals surface area contributed by atoms with Crippen LogP contribution in [0, 0.1) is 10.1 Å². The predicted molar refractivity (Wildman–Crippen MR) is 134 cm³/mol. The van der Waals surface area contributed by atoms with Crippen molar-refractivity contribution in [1.29, 1.82) is 0 Å². The van der Waals surface area contributed by atoms with Gasteiger partial charge in [0.25, 0.3) is 11.6 Å². The van der Waals surface area contributed by atoms with Crippen LogP contribution in [0.5, 0.6) is 0 Å². The number of thiazole rings is 1. The Morgan fingerprint density at radius 1 is 1.17 bits per heavy atom. The monoisotopic (exact) mass is 534 g/mol. The van der Waals surface area contributed by atoms with E-state index < -0.39 is 26.8 Å². The zero-order chi connectivity index (χ0) is 26.5. The molecule has 0 saturated carbocycles. The Morgan fingerprint density at radius 2 is 1.86 bits per heavy atom. The Balaban J connectivity index is 1.99. The summed E-state index contributed by atoms with van der Waals surface area (Å²) >= 11 is 1.01. The van der Waals surface area contributed by atoms with Gasteiger partial charge in [-0.2, -0.15) is 9.30 Å². The molecule has 0 fully saturated rings. The molecule has 0 aliphatic carbocycles. The number of aromatic nitrogens is 1. The maximum Gasteiger partial charge on any atom is 0.325 e. The van der Waals surface area contributed by atoms with Crippen molar-refractivity contribution in [1.82, 2.24) is 8.87 Å². The van der Waals surface area contributed by atoms with Crippen LogP contribution < -0.4 is 4.80 Å². The third-order valence-corrected chi connectivity index (χ3v) is 8.47. The standard InChI is InChI=1S/C23H26N4O7S2/c1-4-6-13-25(5-2)36(32,33)18-10-7-16(8-11-18)22(29)24-23-26(15-21(28)34-3)19-12-9-17(27(30)31)14-20(19)35-23/h7-12,14H,4-6,13,15H2,1-3H3. The van der Waals surface area contributed by atoms with Crippen molar-refractivity contribution in [2.45, 2.75) is 38.1 Å². The van der Waals surface area contributed by atoms with Crippen LogP contribution in [-0.2, 0) is 26.1 Å². The van der Waals surface area contributed by atoms with E-state index in [1.165, 1.54) is 58.4 Å². The molecule has 0 atom stereocenters. The Bertz CT molecular complexity index is 1460. The van der Waals surface area contributed by atoms with Crippen LogP contribution in [0.2, 0.25) is 0 Å². The first-order valence-corrected chi connectivity index (χ1v) is 13.4. The fraction of sp³-hybridized carbons (Fsp3) is 0.348. The van der Waals surface area contributed by atoms with E-state index in [0.717, 1.165) is 24.2 Å². The number of methoxy groups -OCH3 is 1. The molecule has 3 aromatic rings. The van der Waals surface area contributed by atoms with E-state index in [9.17, 15) is 28.1 Å². The molecule has 13 heteroatoms. The topological polar surface area (TPSA) is 141 Å². The quantitative estimate of drug-likeness (QED) is 0.221. The number of sulfonamides is 1. The second-order valence-electron chi connectivity index (χ2n) is 7.75. The molecule has 0 saturated heterocycles. The van der Waals surface area contributed by atoms with Crippen molar-refractivity contribution in [3.63, 3.8) is 0 Å². The third kappa shape index (κ3) is 5.86. The van der Waals surface area contributed by atoms with Gasteiger partial charge in [-0.05, 0) is 36.8 Å². The van der Waals surface area contributed by atoms with Crippen LogP contribution in [0.3, 0.4) is 0 Å². The highest BCUT2D eigenvalue weighted by atomic mass is 32.2. The minimum absolute atomic E-state index is 0.0759. The van der Waals surface area contributed by atoms with Crippen LogP contribution in [0.4, 0.5) is 5.69 Å². The Kier molecular flexibility index (Phi) is 8.71. The first-order valence-electron chi connectivity index (χ1n) is 11.2. The van der Waals surface area contributed by atoms with Gasteiger partial charge in [-0.1, -0.05) is 31.6 Å². The number of fused-ring (bicyclic) bond motifs is 1. The minimum atomic E-state index is -3.69. The van der Waals surface area contributed by atoms with Crippen LogP contribution in [-0.4, -0.2) is 54.3 Å². The molecule has 1 aromatic heterocycles. The summed E-state index contributed by atoms with van der Waals surface area (Å²) in [6.45, 7) is 4.25. The first-order chi connectivity index (χ1) is 17.1. The summed E-state index contributed by atoms with van der Waals surface area (Å²) in [6, 6.07) is 9.62. The van der Waals surface area contributed by atoms with Crippen molar-refractivity contribution in [2.24, 2.45) is 4.99 Å². The van der Waals surface area contributed by atoms with Crippen molar-refractivity contribution >= 4 is 49.1 Å². The number of nitrogens with zero attached hydrogens (tertiary/aromatic N) is 4. The summed E-state index contributed by atoms with van der Waals surface area (Å²) in [5, 5.41) is 11.1. The van der Waals surface area contributed by atoms with Gasteiger partial charge in [0.05, 0.1) is 27.1 Å². The Hall–Kier alpha value is -3.42. The number of ether oxygens (including phenoxy) is 1. The van der Waals surface area contributed by atoms with Gasteiger partial charge in [0.2, 0.25) is 10.0 Å². The van der Waals surface area contributed by atoms with Gasteiger partial charge < -0.3 is 9.30 Å².